The minimum Gasteiger partial charge on any atom is -0.491 e. The van der Waals surface area contributed by atoms with Gasteiger partial charge in [-0.2, -0.15) is 0 Å². The van der Waals surface area contributed by atoms with Crippen LogP contribution in [0, 0.1) is 28.1 Å². The number of aliphatic hydroxyl groups is 2. The molecule has 1 aromatic heterocycles. The number of carbonyl (C=O) groups is 2. The Morgan fingerprint density at radius 1 is 1.20 bits per heavy atom. The zero-order valence-electron chi connectivity index (χ0n) is 21.0. The predicted octanol–water partition coefficient (Wildman–Crippen LogP) is 3.45. The Morgan fingerprint density at radius 2 is 1.91 bits per heavy atom. The van der Waals surface area contributed by atoms with Crippen LogP contribution in [0.1, 0.15) is 59.1 Å². The summed E-state index contributed by atoms with van der Waals surface area (Å²) in [5, 5.41) is 22.3. The molecule has 2 N–H and O–H groups in total. The number of hydrogen-bond donors (Lipinski definition) is 2. The Hall–Kier alpha value is -2.58. The molecule has 2 aliphatic heterocycles. The number of ether oxygens (including phenoxy) is 3. The van der Waals surface area contributed by atoms with Crippen molar-refractivity contribution in [3.63, 3.8) is 0 Å². The SMILES string of the molecule is COC(=O)C[C@H]1C(C)(C)[C@H](O)[C@H](O)[C@@H]2OC3=C(C)C4=CC(=O)O[C@@H](c5ccoc5)[C@]4(C)C[C@@H]3[C@@]21C. The van der Waals surface area contributed by atoms with Crippen molar-refractivity contribution in [1.82, 2.24) is 0 Å². The van der Waals surface area contributed by atoms with E-state index in [4.69, 9.17) is 18.6 Å². The third kappa shape index (κ3) is 3.12. The lowest BCUT2D eigenvalue weighted by Crippen LogP contribution is -2.65. The van der Waals surface area contributed by atoms with Gasteiger partial charge in [0.2, 0.25) is 0 Å². The number of esters is 2. The van der Waals surface area contributed by atoms with Crippen molar-refractivity contribution in [2.75, 3.05) is 7.11 Å². The van der Waals surface area contributed by atoms with E-state index in [2.05, 4.69) is 6.92 Å². The van der Waals surface area contributed by atoms with E-state index in [1.807, 2.05) is 27.7 Å². The lowest BCUT2D eigenvalue weighted by atomic mass is 9.46. The second-order valence-electron chi connectivity index (χ2n) is 11.6. The van der Waals surface area contributed by atoms with Gasteiger partial charge in [-0.05, 0) is 41.9 Å². The summed E-state index contributed by atoms with van der Waals surface area (Å²) in [7, 11) is 1.36. The molecule has 8 atom stereocenters. The molecular weight excluding hydrogens is 452 g/mol. The van der Waals surface area contributed by atoms with Crippen molar-refractivity contribution in [2.45, 2.75) is 71.9 Å². The van der Waals surface area contributed by atoms with Gasteiger partial charge in [0.05, 0.1) is 25.7 Å². The van der Waals surface area contributed by atoms with Crippen LogP contribution in [-0.4, -0.2) is 47.6 Å². The van der Waals surface area contributed by atoms with Gasteiger partial charge < -0.3 is 28.8 Å². The lowest BCUT2D eigenvalue weighted by molar-refractivity contribution is -0.214. The van der Waals surface area contributed by atoms with E-state index in [-0.39, 0.29) is 24.2 Å². The molecule has 35 heavy (non-hydrogen) atoms. The molecule has 190 valence electrons. The van der Waals surface area contributed by atoms with Crippen LogP contribution in [0.3, 0.4) is 0 Å². The number of allylic oxidation sites excluding steroid dienone is 2. The summed E-state index contributed by atoms with van der Waals surface area (Å²) < 4.78 is 22.7. The fourth-order valence-electron chi connectivity index (χ4n) is 7.59. The van der Waals surface area contributed by atoms with E-state index in [1.165, 1.54) is 13.2 Å². The molecule has 0 bridgehead atoms. The molecule has 2 aliphatic carbocycles. The highest BCUT2D eigenvalue weighted by Crippen LogP contribution is 2.69. The van der Waals surface area contributed by atoms with Crippen molar-refractivity contribution >= 4 is 11.9 Å². The highest BCUT2D eigenvalue weighted by atomic mass is 16.5. The summed E-state index contributed by atoms with van der Waals surface area (Å²) in [6, 6.07) is 1.81. The molecule has 4 aliphatic rings. The highest BCUT2D eigenvalue weighted by Gasteiger charge is 2.70. The number of methoxy groups -OCH3 is 1. The highest BCUT2D eigenvalue weighted by molar-refractivity contribution is 5.86. The third-order valence-electron chi connectivity index (χ3n) is 9.52. The molecule has 1 saturated heterocycles. The molecule has 5 rings (SSSR count). The molecule has 0 unspecified atom stereocenters. The smallest absolute Gasteiger partial charge is 0.331 e. The first-order valence-corrected chi connectivity index (χ1v) is 12.1. The molecule has 0 amide bonds. The van der Waals surface area contributed by atoms with Crippen LogP contribution in [0.25, 0.3) is 0 Å². The topological polar surface area (TPSA) is 115 Å². The van der Waals surface area contributed by atoms with Crippen molar-refractivity contribution in [1.29, 1.82) is 0 Å². The number of carbonyl (C=O) groups excluding carboxylic acids is 2. The van der Waals surface area contributed by atoms with Gasteiger partial charge in [-0.25, -0.2) is 4.79 Å². The molecule has 0 spiro atoms. The minimum atomic E-state index is -1.14. The molecule has 0 aromatic carbocycles. The predicted molar refractivity (Wildman–Crippen MR) is 123 cm³/mol. The fraction of sp³-hybridized carbons (Fsp3) is 0.630. The first-order chi connectivity index (χ1) is 16.4. The molecule has 0 radical (unpaired) electrons. The maximum atomic E-state index is 12.6. The van der Waals surface area contributed by atoms with E-state index in [1.54, 1.807) is 18.6 Å². The fourth-order valence-corrected chi connectivity index (χ4v) is 7.59. The minimum absolute atomic E-state index is 0.0893. The normalized spacial score (nSPS) is 41.7. The molecule has 8 heteroatoms. The van der Waals surface area contributed by atoms with Crippen LogP contribution in [-0.2, 0) is 23.8 Å². The summed E-state index contributed by atoms with van der Waals surface area (Å²) >= 11 is 0. The largest absolute Gasteiger partial charge is 0.491 e. The Morgan fingerprint density at radius 3 is 2.54 bits per heavy atom. The number of cyclic esters (lactones) is 1. The number of fused-ring (bicyclic) bond motifs is 4. The van der Waals surface area contributed by atoms with Gasteiger partial charge in [0.25, 0.3) is 0 Å². The van der Waals surface area contributed by atoms with Gasteiger partial charge in [-0.1, -0.05) is 27.7 Å². The first-order valence-electron chi connectivity index (χ1n) is 12.1. The van der Waals surface area contributed by atoms with Crippen molar-refractivity contribution < 1.29 is 38.4 Å². The van der Waals surface area contributed by atoms with Crippen molar-refractivity contribution in [3.05, 3.63) is 47.1 Å². The van der Waals surface area contributed by atoms with Gasteiger partial charge in [0.15, 0.2) is 0 Å². The summed E-state index contributed by atoms with van der Waals surface area (Å²) in [6.07, 6.45) is 1.85. The van der Waals surface area contributed by atoms with E-state index < -0.39 is 46.6 Å². The molecule has 1 aromatic rings. The average Bonchev–Trinajstić information content (AvgIpc) is 3.44. The Bertz CT molecular complexity index is 1110. The van der Waals surface area contributed by atoms with Gasteiger partial charge >= 0.3 is 11.9 Å². The molecule has 2 fully saturated rings. The van der Waals surface area contributed by atoms with Gasteiger partial charge in [0.1, 0.15) is 24.1 Å². The van der Waals surface area contributed by atoms with Crippen LogP contribution in [0.4, 0.5) is 0 Å². The van der Waals surface area contributed by atoms with Crippen LogP contribution in [0.15, 0.2) is 46.0 Å². The van der Waals surface area contributed by atoms with Crippen LogP contribution < -0.4 is 0 Å². The molecule has 3 heterocycles. The lowest BCUT2D eigenvalue weighted by Gasteiger charge is -2.57. The van der Waals surface area contributed by atoms with Crippen LogP contribution in [0.5, 0.6) is 0 Å². The number of furan rings is 1. The second-order valence-corrected chi connectivity index (χ2v) is 11.6. The second kappa shape index (κ2) is 7.71. The Balaban J connectivity index is 1.68. The Kier molecular flexibility index (Phi) is 5.31. The summed E-state index contributed by atoms with van der Waals surface area (Å²) in [6.45, 7) is 9.83. The van der Waals surface area contributed by atoms with E-state index in [9.17, 15) is 19.8 Å². The van der Waals surface area contributed by atoms with Crippen molar-refractivity contribution in [2.24, 2.45) is 28.1 Å². The van der Waals surface area contributed by atoms with E-state index >= 15 is 0 Å². The number of hydrogen-bond acceptors (Lipinski definition) is 8. The first kappa shape index (κ1) is 24.1. The molecule has 8 nitrogen and oxygen atoms in total. The summed E-state index contributed by atoms with van der Waals surface area (Å²) in [5.74, 6) is -0.610. The Labute approximate surface area is 204 Å². The average molecular weight is 487 g/mol. The molecular formula is C27H34O8. The third-order valence-corrected chi connectivity index (χ3v) is 9.52. The van der Waals surface area contributed by atoms with Crippen molar-refractivity contribution in [3.8, 4) is 0 Å². The number of rotatable bonds is 3. The zero-order chi connectivity index (χ0) is 25.5. The zero-order valence-corrected chi connectivity index (χ0v) is 21.0. The maximum Gasteiger partial charge on any atom is 0.331 e. The quantitative estimate of drug-likeness (QED) is 0.625. The number of aliphatic hydroxyl groups excluding tert-OH is 2. The van der Waals surface area contributed by atoms with Gasteiger partial charge in [0, 0.05) is 34.8 Å². The van der Waals surface area contributed by atoms with Gasteiger partial charge in [-0.15, -0.1) is 0 Å². The maximum absolute atomic E-state index is 12.6. The standard InChI is InChI=1S/C27H34O8/c1-13-15-9-19(29)34-23(14-7-8-33-12-14)26(15,4)11-16-21(13)35-24-20(30)22(31)25(2,3)17(27(16,24)5)10-18(28)32-6/h7-9,12,16-17,20,22-24,30-31H,10-11H2,1-6H3/t16-,17-,20-,22+,23-,24-,26+,27+/m0/s1. The van der Waals surface area contributed by atoms with Crippen LogP contribution in [0.2, 0.25) is 0 Å². The summed E-state index contributed by atoms with van der Waals surface area (Å²) in [4.78, 5) is 25.1. The van der Waals surface area contributed by atoms with Gasteiger partial charge in [-0.3, -0.25) is 4.79 Å². The van der Waals surface area contributed by atoms with E-state index in [0.717, 1.165) is 16.7 Å². The monoisotopic (exact) mass is 486 g/mol. The van der Waals surface area contributed by atoms with Crippen LogP contribution >= 0.6 is 0 Å². The molecule has 1 saturated carbocycles. The summed E-state index contributed by atoms with van der Waals surface area (Å²) in [5.41, 5.74) is 0.384. The van der Waals surface area contributed by atoms with E-state index in [0.29, 0.717) is 12.2 Å².